The summed E-state index contributed by atoms with van der Waals surface area (Å²) in [6.45, 7) is 0. The Kier molecular flexibility index (Phi) is 9.37. The number of anilines is 3. The third-order valence-electron chi connectivity index (χ3n) is 9.71. The van der Waals surface area contributed by atoms with Crippen molar-refractivity contribution >= 4 is 64.0 Å². The molecule has 17 heteroatoms. The van der Waals surface area contributed by atoms with Crippen LogP contribution in [0, 0.1) is 20.2 Å². The van der Waals surface area contributed by atoms with Crippen molar-refractivity contribution < 1.29 is 38.6 Å². The lowest BCUT2D eigenvalue weighted by atomic mass is 10.00. The molecule has 0 saturated heterocycles. The second-order valence-corrected chi connectivity index (χ2v) is 13.4. The van der Waals surface area contributed by atoms with Gasteiger partial charge < -0.3 is 25.5 Å². The number of carbonyl (C=O) groups excluding carboxylic acids is 6. The maximum atomic E-state index is 13.4. The highest BCUT2D eigenvalue weighted by atomic mass is 16.6. The number of hydrogen-bond acceptors (Lipinski definition) is 12. The number of amides is 5. The highest BCUT2D eigenvalue weighted by molar-refractivity contribution is 6.35. The molecule has 0 aliphatic carbocycles. The second-order valence-electron chi connectivity index (χ2n) is 13.4. The number of pyridine rings is 2. The van der Waals surface area contributed by atoms with Crippen LogP contribution in [-0.2, 0) is 12.8 Å². The van der Waals surface area contributed by atoms with Crippen molar-refractivity contribution in [3.63, 3.8) is 0 Å². The maximum absolute atomic E-state index is 13.4. The number of hydrogen-bond donors (Lipinski definition) is 1. The number of ketones is 1. The van der Waals surface area contributed by atoms with Gasteiger partial charge >= 0.3 is 11.6 Å². The highest BCUT2D eigenvalue weighted by Gasteiger charge is 2.38. The van der Waals surface area contributed by atoms with E-state index in [1.165, 1.54) is 60.8 Å². The molecule has 5 amide bonds. The number of benzene rings is 4. The summed E-state index contributed by atoms with van der Waals surface area (Å²) in [4.78, 5) is 109. The normalized spacial score (nSPS) is 13.0. The van der Waals surface area contributed by atoms with Crippen molar-refractivity contribution in [3.8, 4) is 0 Å². The number of nitrogens with one attached hydrogen (secondary N) is 1. The summed E-state index contributed by atoms with van der Waals surface area (Å²) >= 11 is 0. The van der Waals surface area contributed by atoms with E-state index in [1.54, 1.807) is 48.5 Å². The fourth-order valence-corrected chi connectivity index (χ4v) is 6.71. The Hall–Kier alpha value is -8.60. The molecule has 8 rings (SSSR count). The van der Waals surface area contributed by atoms with Gasteiger partial charge in [0, 0.05) is 35.2 Å². The smallest absolute Gasteiger partial charge is 0.358 e. The first-order valence-electron chi connectivity index (χ1n) is 17.6. The molecule has 4 heterocycles. The van der Waals surface area contributed by atoms with Crippen LogP contribution >= 0.6 is 0 Å². The number of rotatable bonds is 11. The number of imide groups is 2. The average Bonchev–Trinajstić information content (AvgIpc) is 3.64. The van der Waals surface area contributed by atoms with Gasteiger partial charge in [-0.25, -0.2) is 9.80 Å². The van der Waals surface area contributed by atoms with E-state index in [2.05, 4.69) is 15.3 Å². The summed E-state index contributed by atoms with van der Waals surface area (Å²) in [5.74, 6) is -4.01. The topological polar surface area (TPSA) is 233 Å². The Labute approximate surface area is 331 Å². The molecule has 0 spiro atoms. The van der Waals surface area contributed by atoms with Gasteiger partial charge in [-0.05, 0) is 104 Å². The van der Waals surface area contributed by atoms with Gasteiger partial charge in [-0.2, -0.15) is 0 Å². The minimum absolute atomic E-state index is 0.0399. The van der Waals surface area contributed by atoms with E-state index in [1.807, 2.05) is 0 Å². The maximum Gasteiger partial charge on any atom is 0.363 e. The zero-order chi connectivity index (χ0) is 41.5. The van der Waals surface area contributed by atoms with Crippen LogP contribution in [0.1, 0.15) is 78.8 Å². The minimum atomic E-state index is -0.670. The first-order valence-corrected chi connectivity index (χ1v) is 17.6. The molecule has 59 heavy (non-hydrogen) atoms. The third kappa shape index (κ3) is 7.06. The molecular weight excluding hydrogens is 763 g/mol. The van der Waals surface area contributed by atoms with E-state index in [0.29, 0.717) is 23.4 Å². The van der Waals surface area contributed by atoms with Crippen LogP contribution in [-0.4, -0.2) is 55.1 Å². The molecule has 17 nitrogen and oxygen atoms in total. The molecule has 2 aromatic heterocycles. The first-order chi connectivity index (χ1) is 28.4. The summed E-state index contributed by atoms with van der Waals surface area (Å²) < 4.78 is 0. The van der Waals surface area contributed by atoms with Gasteiger partial charge in [0.1, 0.15) is 6.20 Å². The predicted molar refractivity (Wildman–Crippen MR) is 209 cm³/mol. The van der Waals surface area contributed by atoms with Gasteiger partial charge in [0.05, 0.1) is 39.3 Å². The molecule has 4 aromatic carbocycles. The molecule has 0 radical (unpaired) electrons. The number of nitro groups is 2. The van der Waals surface area contributed by atoms with Gasteiger partial charge in [0.25, 0.3) is 29.5 Å². The van der Waals surface area contributed by atoms with Crippen LogP contribution in [0.2, 0.25) is 0 Å². The Morgan fingerprint density at radius 3 is 1.47 bits per heavy atom. The number of fused-ring (bicyclic) bond motifs is 2. The molecule has 0 bridgehead atoms. The minimum Gasteiger partial charge on any atom is -0.358 e. The number of carbonyl (C=O) groups is 6. The van der Waals surface area contributed by atoms with Gasteiger partial charge in [-0.1, -0.05) is 30.3 Å². The monoisotopic (exact) mass is 787 g/mol. The lowest BCUT2D eigenvalue weighted by Gasteiger charge is -2.15. The molecule has 0 fully saturated rings. The zero-order valence-electron chi connectivity index (χ0n) is 30.2. The van der Waals surface area contributed by atoms with E-state index in [-0.39, 0.29) is 62.9 Å². The molecule has 0 unspecified atom stereocenters. The average molecular weight is 788 g/mol. The Morgan fingerprint density at radius 1 is 0.542 bits per heavy atom. The predicted octanol–water partition coefficient (Wildman–Crippen LogP) is 6.16. The van der Waals surface area contributed by atoms with E-state index >= 15 is 0 Å². The summed E-state index contributed by atoms with van der Waals surface area (Å²) in [5.41, 5.74) is 3.64. The van der Waals surface area contributed by atoms with E-state index in [9.17, 15) is 49.0 Å². The molecule has 1 N–H and O–H groups in total. The zero-order valence-corrected chi connectivity index (χ0v) is 30.2. The third-order valence-corrected chi connectivity index (χ3v) is 9.71. The van der Waals surface area contributed by atoms with Crippen LogP contribution in [0.3, 0.4) is 0 Å². The molecule has 2 aliphatic heterocycles. The van der Waals surface area contributed by atoms with Crippen molar-refractivity contribution in [2.75, 3.05) is 15.1 Å². The summed E-state index contributed by atoms with van der Waals surface area (Å²) in [5, 5.41) is 24.3. The summed E-state index contributed by atoms with van der Waals surface area (Å²) in [6, 6.07) is 27.0. The lowest BCUT2D eigenvalue weighted by Crippen LogP contribution is -2.29. The Balaban J connectivity index is 0.904. The van der Waals surface area contributed by atoms with Gasteiger partial charge in [0.15, 0.2) is 12.0 Å². The SMILES string of the molecule is O=C(Cc1ccc([N+](=O)[O-])nc1)c1ccc2c(c1)C(=O)N(c1ccc(Cc3ccc(N4C(=O)c5ccc(C(=O)Nc6ccc([N+](=O)[O-])nc6)cc5C4=O)cc3)cc1)C2=O. The quantitative estimate of drug-likeness (QED) is 0.0673. The van der Waals surface area contributed by atoms with Crippen LogP contribution < -0.4 is 15.1 Å². The molecule has 0 atom stereocenters. The summed E-state index contributed by atoms with van der Waals surface area (Å²) in [7, 11) is 0. The fourth-order valence-electron chi connectivity index (χ4n) is 6.71. The van der Waals surface area contributed by atoms with Gasteiger partial charge in [0.2, 0.25) is 0 Å². The van der Waals surface area contributed by atoms with Crippen molar-refractivity contribution in [2.24, 2.45) is 0 Å². The van der Waals surface area contributed by atoms with Crippen LogP contribution in [0.5, 0.6) is 0 Å². The molecule has 288 valence electrons. The van der Waals surface area contributed by atoms with Crippen LogP contribution in [0.15, 0.2) is 122 Å². The van der Waals surface area contributed by atoms with Crippen molar-refractivity contribution in [3.05, 3.63) is 192 Å². The van der Waals surface area contributed by atoms with Crippen molar-refractivity contribution in [1.82, 2.24) is 9.97 Å². The van der Waals surface area contributed by atoms with Crippen molar-refractivity contribution in [1.29, 1.82) is 0 Å². The van der Waals surface area contributed by atoms with Gasteiger partial charge in [-0.3, -0.25) is 28.8 Å². The number of nitrogens with zero attached hydrogens (tertiary/aromatic N) is 6. The van der Waals surface area contributed by atoms with E-state index < -0.39 is 39.4 Å². The Bertz CT molecular complexity index is 2610. The first kappa shape index (κ1) is 37.3. The number of aromatic nitrogens is 2. The summed E-state index contributed by atoms with van der Waals surface area (Å²) in [6.07, 6.45) is 2.70. The van der Waals surface area contributed by atoms with Gasteiger partial charge in [-0.15, -0.1) is 0 Å². The van der Waals surface area contributed by atoms with E-state index in [0.717, 1.165) is 33.2 Å². The standard InChI is InChI=1S/C42H25N7O10/c50-35(18-25-5-15-36(43-21-25)48(56)57)26-6-13-31-33(19-26)41(54)46(39(31)52)29-9-1-23(2-10-29)17-24-3-11-30(12-4-24)47-40(53)32-14-7-27(20-34(32)42(47)55)38(51)45-28-8-16-37(44-22-28)49(58)59/h1-16,19-22H,17-18H2,(H,45,51). The molecule has 0 saturated carbocycles. The Morgan fingerprint density at radius 2 is 1.00 bits per heavy atom. The van der Waals surface area contributed by atoms with Crippen LogP contribution in [0.4, 0.5) is 28.7 Å². The second kappa shape index (κ2) is 14.8. The number of Topliss-reactive ketones (excluding diaryl/α,β-unsaturated/α-hetero) is 1. The highest BCUT2D eigenvalue weighted by Crippen LogP contribution is 2.32. The lowest BCUT2D eigenvalue weighted by molar-refractivity contribution is -0.389. The molecule has 2 aliphatic rings. The van der Waals surface area contributed by atoms with Crippen LogP contribution in [0.25, 0.3) is 0 Å². The fraction of sp³-hybridized carbons (Fsp3) is 0.0476. The molecular formula is C42H25N7O10. The van der Waals surface area contributed by atoms with E-state index in [4.69, 9.17) is 0 Å². The van der Waals surface area contributed by atoms with Crippen molar-refractivity contribution in [2.45, 2.75) is 12.8 Å². The largest absolute Gasteiger partial charge is 0.363 e. The molecule has 6 aromatic rings.